The molecule has 102 valence electrons. The summed E-state index contributed by atoms with van der Waals surface area (Å²) in [6.45, 7) is 0. The maximum atomic E-state index is 13.3. The van der Waals surface area contributed by atoms with E-state index < -0.39 is 17.5 Å². The lowest BCUT2D eigenvalue weighted by Gasteiger charge is -2.07. The molecule has 0 aliphatic heterocycles. The number of rotatable bonds is 1. The third-order valence-electron chi connectivity index (χ3n) is 2.89. The molecule has 0 atom stereocenters. The minimum absolute atomic E-state index is 0.00138. The Balaban J connectivity index is 2.35. The van der Waals surface area contributed by atoms with E-state index in [1.54, 1.807) is 18.2 Å². The summed E-state index contributed by atoms with van der Waals surface area (Å²) in [5.74, 6) is -4.14. The van der Waals surface area contributed by atoms with Gasteiger partial charge in [-0.1, -0.05) is 17.7 Å². The van der Waals surface area contributed by atoms with Crippen LogP contribution in [0.1, 0.15) is 0 Å². The standard InChI is InChI=1S/C13H7ClF3N3/c14-7-2-1-3-10-12(7)19-13(18)20(10)6-4-8(15)11(17)9(16)5-6/h1-5H,(H2,18,19). The number of imidazole rings is 1. The van der Waals surface area contributed by atoms with Crippen molar-refractivity contribution in [1.29, 1.82) is 0 Å². The fourth-order valence-electron chi connectivity index (χ4n) is 2.03. The average Bonchev–Trinajstić information content (AvgIpc) is 2.73. The van der Waals surface area contributed by atoms with Gasteiger partial charge in [-0.25, -0.2) is 18.2 Å². The Kier molecular flexibility index (Phi) is 2.83. The van der Waals surface area contributed by atoms with Gasteiger partial charge in [0, 0.05) is 12.1 Å². The predicted octanol–water partition coefficient (Wildman–Crippen LogP) is 3.68. The van der Waals surface area contributed by atoms with Crippen LogP contribution < -0.4 is 5.73 Å². The molecule has 1 aromatic heterocycles. The summed E-state index contributed by atoms with van der Waals surface area (Å²) in [4.78, 5) is 4.04. The number of nitrogens with zero attached hydrogens (tertiary/aromatic N) is 2. The van der Waals surface area contributed by atoms with Crippen LogP contribution in [0.25, 0.3) is 16.7 Å². The fourth-order valence-corrected chi connectivity index (χ4v) is 2.24. The van der Waals surface area contributed by atoms with Crippen LogP contribution in [0.15, 0.2) is 30.3 Å². The minimum atomic E-state index is -1.53. The lowest BCUT2D eigenvalue weighted by molar-refractivity contribution is 0.446. The molecule has 0 unspecified atom stereocenters. The number of halogens is 4. The zero-order valence-corrected chi connectivity index (χ0v) is 10.6. The van der Waals surface area contributed by atoms with E-state index in [0.29, 0.717) is 16.1 Å². The smallest absolute Gasteiger partial charge is 0.205 e. The highest BCUT2D eigenvalue weighted by Crippen LogP contribution is 2.29. The zero-order chi connectivity index (χ0) is 14.4. The minimum Gasteiger partial charge on any atom is -0.369 e. The molecular formula is C13H7ClF3N3. The lowest BCUT2D eigenvalue weighted by Crippen LogP contribution is -2.03. The molecule has 3 rings (SSSR count). The summed E-state index contributed by atoms with van der Waals surface area (Å²) < 4.78 is 41.0. The molecular weight excluding hydrogens is 291 g/mol. The largest absolute Gasteiger partial charge is 0.369 e. The molecule has 0 saturated heterocycles. The van der Waals surface area contributed by atoms with Crippen LogP contribution in [-0.4, -0.2) is 9.55 Å². The van der Waals surface area contributed by atoms with Crippen LogP contribution in [0.5, 0.6) is 0 Å². The van der Waals surface area contributed by atoms with Gasteiger partial charge in [0.05, 0.1) is 16.2 Å². The Morgan fingerprint density at radius 1 is 1.10 bits per heavy atom. The first-order valence-electron chi connectivity index (χ1n) is 5.56. The van der Waals surface area contributed by atoms with Gasteiger partial charge in [-0.2, -0.15) is 0 Å². The number of aromatic nitrogens is 2. The topological polar surface area (TPSA) is 43.8 Å². The number of para-hydroxylation sites is 1. The molecule has 0 bridgehead atoms. The van der Waals surface area contributed by atoms with Gasteiger partial charge in [0.25, 0.3) is 0 Å². The Morgan fingerprint density at radius 3 is 2.40 bits per heavy atom. The van der Waals surface area contributed by atoms with Crippen LogP contribution in [0.2, 0.25) is 5.02 Å². The van der Waals surface area contributed by atoms with Gasteiger partial charge >= 0.3 is 0 Å². The van der Waals surface area contributed by atoms with Crippen LogP contribution in [0.4, 0.5) is 19.1 Å². The summed E-state index contributed by atoms with van der Waals surface area (Å²) in [5.41, 5.74) is 6.65. The van der Waals surface area contributed by atoms with Crippen molar-refractivity contribution in [2.75, 3.05) is 5.73 Å². The number of nitrogen functional groups attached to an aromatic ring is 1. The van der Waals surface area contributed by atoms with Crippen molar-refractivity contribution in [1.82, 2.24) is 9.55 Å². The molecule has 0 aliphatic rings. The molecule has 0 aliphatic carbocycles. The van der Waals surface area contributed by atoms with Crippen molar-refractivity contribution in [3.05, 3.63) is 52.8 Å². The summed E-state index contributed by atoms with van der Waals surface area (Å²) in [6, 6.07) is 6.60. The van der Waals surface area contributed by atoms with Gasteiger partial charge in [-0.3, -0.25) is 4.57 Å². The number of hydrogen-bond acceptors (Lipinski definition) is 2. The number of benzene rings is 2. The van der Waals surface area contributed by atoms with Gasteiger partial charge in [-0.05, 0) is 12.1 Å². The van der Waals surface area contributed by atoms with Gasteiger partial charge in [-0.15, -0.1) is 0 Å². The third-order valence-corrected chi connectivity index (χ3v) is 3.19. The summed E-state index contributed by atoms with van der Waals surface area (Å²) in [7, 11) is 0. The first-order chi connectivity index (χ1) is 9.49. The number of nitrogens with two attached hydrogens (primary N) is 1. The van der Waals surface area contributed by atoms with Crippen molar-refractivity contribution in [3.8, 4) is 5.69 Å². The third kappa shape index (κ3) is 1.80. The summed E-state index contributed by atoms with van der Waals surface area (Å²) >= 11 is 5.98. The molecule has 0 amide bonds. The second kappa shape index (κ2) is 4.42. The van der Waals surface area contributed by atoms with Crippen LogP contribution >= 0.6 is 11.6 Å². The van der Waals surface area contributed by atoms with Crippen molar-refractivity contribution in [2.45, 2.75) is 0 Å². The maximum absolute atomic E-state index is 13.3. The van der Waals surface area contributed by atoms with Crippen molar-refractivity contribution < 1.29 is 13.2 Å². The van der Waals surface area contributed by atoms with Crippen molar-refractivity contribution >= 4 is 28.6 Å². The van der Waals surface area contributed by atoms with E-state index in [0.717, 1.165) is 12.1 Å². The highest BCUT2D eigenvalue weighted by Gasteiger charge is 2.16. The normalized spacial score (nSPS) is 11.2. The van der Waals surface area contributed by atoms with E-state index in [1.807, 2.05) is 0 Å². The van der Waals surface area contributed by atoms with E-state index in [-0.39, 0.29) is 11.6 Å². The maximum Gasteiger partial charge on any atom is 0.205 e. The molecule has 3 nitrogen and oxygen atoms in total. The molecule has 0 radical (unpaired) electrons. The van der Waals surface area contributed by atoms with E-state index in [9.17, 15) is 13.2 Å². The quantitative estimate of drug-likeness (QED) is 0.696. The molecule has 0 spiro atoms. The van der Waals surface area contributed by atoms with E-state index in [1.165, 1.54) is 4.57 Å². The molecule has 2 aromatic carbocycles. The van der Waals surface area contributed by atoms with Crippen LogP contribution in [0, 0.1) is 17.5 Å². The molecule has 0 saturated carbocycles. The number of hydrogen-bond donors (Lipinski definition) is 1. The van der Waals surface area contributed by atoms with E-state index >= 15 is 0 Å². The Hall–Kier alpha value is -2.21. The Labute approximate surface area is 116 Å². The first-order valence-corrected chi connectivity index (χ1v) is 5.94. The van der Waals surface area contributed by atoms with Gasteiger partial charge in [0.1, 0.15) is 5.52 Å². The molecule has 3 aromatic rings. The second-order valence-electron chi connectivity index (χ2n) is 4.14. The number of anilines is 1. The molecule has 20 heavy (non-hydrogen) atoms. The molecule has 0 fully saturated rings. The predicted molar refractivity (Wildman–Crippen MR) is 70.4 cm³/mol. The van der Waals surface area contributed by atoms with Gasteiger partial charge in [0.2, 0.25) is 5.95 Å². The SMILES string of the molecule is Nc1nc2c(Cl)cccc2n1-c1cc(F)c(F)c(F)c1. The number of fused-ring (bicyclic) bond motifs is 1. The summed E-state index contributed by atoms with van der Waals surface area (Å²) in [6.07, 6.45) is 0. The van der Waals surface area contributed by atoms with Crippen molar-refractivity contribution in [2.24, 2.45) is 0 Å². The Bertz CT molecular complexity index is 806. The van der Waals surface area contributed by atoms with E-state index in [2.05, 4.69) is 4.98 Å². The fraction of sp³-hybridized carbons (Fsp3) is 0. The molecule has 7 heteroatoms. The second-order valence-corrected chi connectivity index (χ2v) is 4.54. The first kappa shape index (κ1) is 12.8. The molecule has 2 N–H and O–H groups in total. The average molecular weight is 298 g/mol. The van der Waals surface area contributed by atoms with Gasteiger partial charge in [0.15, 0.2) is 17.5 Å². The van der Waals surface area contributed by atoms with E-state index in [4.69, 9.17) is 17.3 Å². The molecule has 1 heterocycles. The highest BCUT2D eigenvalue weighted by molar-refractivity contribution is 6.35. The lowest BCUT2D eigenvalue weighted by atomic mass is 10.2. The Morgan fingerprint density at radius 2 is 1.75 bits per heavy atom. The van der Waals surface area contributed by atoms with Crippen molar-refractivity contribution in [3.63, 3.8) is 0 Å². The van der Waals surface area contributed by atoms with Crippen LogP contribution in [0.3, 0.4) is 0 Å². The van der Waals surface area contributed by atoms with Gasteiger partial charge < -0.3 is 5.73 Å². The monoisotopic (exact) mass is 297 g/mol. The highest BCUT2D eigenvalue weighted by atomic mass is 35.5. The van der Waals surface area contributed by atoms with Crippen LogP contribution in [-0.2, 0) is 0 Å². The zero-order valence-electron chi connectivity index (χ0n) is 9.87. The summed E-state index contributed by atoms with van der Waals surface area (Å²) in [5, 5.41) is 0.357.